The molecule has 3 aromatic rings. The van der Waals surface area contributed by atoms with Crippen LogP contribution in [0.1, 0.15) is 52.7 Å². The monoisotopic (exact) mass is 556 g/mol. The SMILES string of the molecule is COc1ccc(-c2cc(CC(C(=O)OC(C)(C)C)C(=O)OC(C)(C)C)c(=O)n(Cc3ccc(F)cc3)n2)cc1F. The van der Waals surface area contributed by atoms with Gasteiger partial charge in [-0.2, -0.15) is 5.10 Å². The Kier molecular flexibility index (Phi) is 9.12. The fraction of sp³-hybridized carbons (Fsp3) is 0.400. The molecular weight excluding hydrogens is 522 g/mol. The van der Waals surface area contributed by atoms with Crippen LogP contribution in [0.15, 0.2) is 53.3 Å². The second-order valence-corrected chi connectivity index (χ2v) is 11.3. The lowest BCUT2D eigenvalue weighted by Gasteiger charge is -2.26. The smallest absolute Gasteiger partial charge is 0.321 e. The van der Waals surface area contributed by atoms with Crippen molar-refractivity contribution in [1.82, 2.24) is 9.78 Å². The molecule has 10 heteroatoms. The lowest BCUT2D eigenvalue weighted by atomic mass is 9.98. The molecule has 0 saturated carbocycles. The molecule has 0 aliphatic heterocycles. The van der Waals surface area contributed by atoms with Gasteiger partial charge in [-0.05, 0) is 83.5 Å². The molecule has 0 radical (unpaired) electrons. The number of hydrogen-bond acceptors (Lipinski definition) is 7. The molecule has 40 heavy (non-hydrogen) atoms. The standard InChI is InChI=1S/C30H34F2N2O6/c1-29(2,3)39-27(36)22(28(37)40-30(4,5)6)14-20-16-24(19-10-13-25(38-7)23(32)15-19)33-34(26(20)35)17-18-8-11-21(31)12-9-18/h8-13,15-16,22H,14,17H2,1-7H3. The number of rotatable bonds is 8. The molecule has 0 spiro atoms. The number of halogens is 2. The number of nitrogens with zero attached hydrogens (tertiary/aromatic N) is 2. The van der Waals surface area contributed by atoms with E-state index in [1.807, 2.05) is 0 Å². The first-order chi connectivity index (χ1) is 18.6. The molecule has 0 fully saturated rings. The van der Waals surface area contributed by atoms with E-state index < -0.39 is 46.3 Å². The first-order valence-electron chi connectivity index (χ1n) is 12.7. The molecule has 2 aromatic carbocycles. The average Bonchev–Trinajstić information content (AvgIpc) is 2.83. The Morgan fingerprint density at radius 3 is 1.98 bits per heavy atom. The Bertz CT molecular complexity index is 1410. The molecule has 0 N–H and O–H groups in total. The molecule has 0 saturated heterocycles. The summed E-state index contributed by atoms with van der Waals surface area (Å²) in [5.74, 6) is -4.20. The zero-order chi connectivity index (χ0) is 29.8. The van der Waals surface area contributed by atoms with E-state index in [0.717, 1.165) is 4.68 Å². The number of aromatic nitrogens is 2. The summed E-state index contributed by atoms with van der Waals surface area (Å²) in [7, 11) is 1.34. The lowest BCUT2D eigenvalue weighted by Crippen LogP contribution is -2.39. The molecule has 214 valence electrons. The summed E-state index contributed by atoms with van der Waals surface area (Å²) in [6.07, 6.45) is -0.347. The molecule has 0 bridgehead atoms. The van der Waals surface area contributed by atoms with Gasteiger partial charge in [0.2, 0.25) is 0 Å². The van der Waals surface area contributed by atoms with Crippen LogP contribution in [0.25, 0.3) is 11.3 Å². The Hall–Kier alpha value is -4.08. The minimum atomic E-state index is -1.45. The molecule has 3 rings (SSSR count). The van der Waals surface area contributed by atoms with Crippen LogP contribution in [0.5, 0.6) is 5.75 Å². The largest absolute Gasteiger partial charge is 0.494 e. The van der Waals surface area contributed by atoms with E-state index in [1.165, 1.54) is 49.6 Å². The van der Waals surface area contributed by atoms with Gasteiger partial charge in [0, 0.05) is 17.5 Å². The van der Waals surface area contributed by atoms with Crippen LogP contribution in [0.3, 0.4) is 0 Å². The Morgan fingerprint density at radius 2 is 1.48 bits per heavy atom. The Labute approximate surface area is 231 Å². The quantitative estimate of drug-likeness (QED) is 0.282. The van der Waals surface area contributed by atoms with Crippen molar-refractivity contribution in [1.29, 1.82) is 0 Å². The van der Waals surface area contributed by atoms with E-state index in [4.69, 9.17) is 14.2 Å². The summed E-state index contributed by atoms with van der Waals surface area (Å²) < 4.78 is 45.1. The van der Waals surface area contributed by atoms with Gasteiger partial charge < -0.3 is 14.2 Å². The van der Waals surface area contributed by atoms with Gasteiger partial charge in [0.05, 0.1) is 19.3 Å². The van der Waals surface area contributed by atoms with Crippen LogP contribution in [-0.4, -0.2) is 40.0 Å². The molecule has 1 heterocycles. The van der Waals surface area contributed by atoms with Crippen molar-refractivity contribution in [2.45, 2.75) is 65.7 Å². The van der Waals surface area contributed by atoms with Gasteiger partial charge in [0.25, 0.3) is 5.56 Å². The van der Waals surface area contributed by atoms with Crippen molar-refractivity contribution >= 4 is 11.9 Å². The van der Waals surface area contributed by atoms with E-state index in [1.54, 1.807) is 47.6 Å². The minimum absolute atomic E-state index is 0.0264. The number of esters is 2. The highest BCUT2D eigenvalue weighted by Gasteiger charge is 2.36. The maximum absolute atomic E-state index is 14.6. The highest BCUT2D eigenvalue weighted by atomic mass is 19.1. The third-order valence-electron chi connectivity index (χ3n) is 5.55. The van der Waals surface area contributed by atoms with E-state index in [2.05, 4.69) is 5.10 Å². The highest BCUT2D eigenvalue weighted by molar-refractivity contribution is 5.95. The highest BCUT2D eigenvalue weighted by Crippen LogP contribution is 2.26. The number of carbonyl (C=O) groups excluding carboxylic acids is 2. The third kappa shape index (κ3) is 8.21. The topological polar surface area (TPSA) is 96.7 Å². The summed E-state index contributed by atoms with van der Waals surface area (Å²) in [6, 6.07) is 11.1. The van der Waals surface area contributed by atoms with Gasteiger partial charge >= 0.3 is 11.9 Å². The molecule has 0 aliphatic rings. The predicted molar refractivity (Wildman–Crippen MR) is 145 cm³/mol. The molecule has 0 amide bonds. The molecule has 0 aliphatic carbocycles. The van der Waals surface area contributed by atoms with Crippen LogP contribution in [0.4, 0.5) is 8.78 Å². The van der Waals surface area contributed by atoms with E-state index >= 15 is 0 Å². The summed E-state index contributed by atoms with van der Waals surface area (Å²) in [5.41, 5.74) is -1.20. The van der Waals surface area contributed by atoms with Crippen LogP contribution in [-0.2, 0) is 32.0 Å². The van der Waals surface area contributed by atoms with Gasteiger partial charge in [-0.15, -0.1) is 0 Å². The fourth-order valence-corrected chi connectivity index (χ4v) is 3.81. The predicted octanol–water partition coefficient (Wildman–Crippen LogP) is 5.09. The first-order valence-corrected chi connectivity index (χ1v) is 12.7. The second-order valence-electron chi connectivity index (χ2n) is 11.3. The summed E-state index contributed by atoms with van der Waals surface area (Å²) in [4.78, 5) is 39.8. The number of ether oxygens (including phenoxy) is 3. The molecule has 8 nitrogen and oxygen atoms in total. The first kappa shape index (κ1) is 30.5. The summed E-state index contributed by atoms with van der Waals surface area (Å²) in [5, 5.41) is 4.40. The van der Waals surface area contributed by atoms with Crippen molar-refractivity contribution in [3.05, 3.63) is 81.6 Å². The van der Waals surface area contributed by atoms with Crippen molar-refractivity contribution < 1.29 is 32.6 Å². The van der Waals surface area contributed by atoms with Crippen molar-refractivity contribution in [3.63, 3.8) is 0 Å². The third-order valence-corrected chi connectivity index (χ3v) is 5.55. The van der Waals surface area contributed by atoms with Crippen LogP contribution >= 0.6 is 0 Å². The molecule has 1 aromatic heterocycles. The average molecular weight is 557 g/mol. The maximum atomic E-state index is 14.6. The Morgan fingerprint density at radius 1 is 0.900 bits per heavy atom. The number of benzene rings is 2. The van der Waals surface area contributed by atoms with Crippen molar-refractivity contribution in [2.75, 3.05) is 7.11 Å². The van der Waals surface area contributed by atoms with Gasteiger partial charge in [-0.1, -0.05) is 12.1 Å². The van der Waals surface area contributed by atoms with E-state index in [-0.39, 0.29) is 30.0 Å². The number of hydrogen-bond donors (Lipinski definition) is 0. The van der Waals surface area contributed by atoms with Crippen molar-refractivity contribution in [2.24, 2.45) is 5.92 Å². The van der Waals surface area contributed by atoms with Gasteiger partial charge in [-0.25, -0.2) is 13.5 Å². The zero-order valence-corrected chi connectivity index (χ0v) is 23.7. The molecule has 0 atom stereocenters. The molecular formula is C30H34F2N2O6. The molecule has 0 unspecified atom stereocenters. The van der Waals surface area contributed by atoms with Crippen LogP contribution in [0, 0.1) is 17.6 Å². The van der Waals surface area contributed by atoms with Gasteiger partial charge in [0.15, 0.2) is 17.5 Å². The number of methoxy groups -OCH3 is 1. The second kappa shape index (κ2) is 12.0. The van der Waals surface area contributed by atoms with E-state index in [9.17, 15) is 23.2 Å². The van der Waals surface area contributed by atoms with Gasteiger partial charge in [0.1, 0.15) is 17.0 Å². The summed E-state index contributed by atoms with van der Waals surface area (Å²) in [6.45, 7) is 9.93. The fourth-order valence-electron chi connectivity index (χ4n) is 3.81. The summed E-state index contributed by atoms with van der Waals surface area (Å²) >= 11 is 0. The zero-order valence-electron chi connectivity index (χ0n) is 23.7. The Balaban J connectivity index is 2.14. The normalized spacial score (nSPS) is 11.8. The number of carbonyl (C=O) groups is 2. The van der Waals surface area contributed by atoms with Crippen molar-refractivity contribution in [3.8, 4) is 17.0 Å². The lowest BCUT2D eigenvalue weighted by molar-refractivity contribution is -0.174. The van der Waals surface area contributed by atoms with Crippen LogP contribution in [0.2, 0.25) is 0 Å². The van der Waals surface area contributed by atoms with Crippen LogP contribution < -0.4 is 10.3 Å². The van der Waals surface area contributed by atoms with Gasteiger partial charge in [-0.3, -0.25) is 14.4 Å². The van der Waals surface area contributed by atoms with E-state index in [0.29, 0.717) is 11.1 Å². The maximum Gasteiger partial charge on any atom is 0.321 e. The minimum Gasteiger partial charge on any atom is -0.494 e.